The van der Waals surface area contributed by atoms with Gasteiger partial charge in [0.1, 0.15) is 23.0 Å². The number of amides is 1. The minimum atomic E-state index is -1.45. The van der Waals surface area contributed by atoms with E-state index in [1.54, 1.807) is 12.0 Å². The predicted molar refractivity (Wildman–Crippen MR) is 161 cm³/mol. The molecule has 0 aliphatic carbocycles. The van der Waals surface area contributed by atoms with Gasteiger partial charge in [-0.15, -0.1) is 0 Å². The van der Waals surface area contributed by atoms with Gasteiger partial charge in [0.05, 0.1) is 19.3 Å². The molecule has 7 nitrogen and oxygen atoms in total. The van der Waals surface area contributed by atoms with Gasteiger partial charge in [-0.25, -0.2) is 0 Å². The summed E-state index contributed by atoms with van der Waals surface area (Å²) < 4.78 is 25.2. The van der Waals surface area contributed by atoms with Crippen molar-refractivity contribution in [2.45, 2.75) is 49.3 Å². The number of unbranched alkanes of at least 4 members (excludes halogenated alkanes) is 1. The number of nitrogens with zero attached hydrogens (tertiary/aromatic N) is 2. The summed E-state index contributed by atoms with van der Waals surface area (Å²) >= 11 is -1.45. The van der Waals surface area contributed by atoms with Crippen molar-refractivity contribution in [2.75, 3.05) is 38.3 Å². The quantitative estimate of drug-likeness (QED) is 0.221. The van der Waals surface area contributed by atoms with Gasteiger partial charge in [0.25, 0.3) is 0 Å². The van der Waals surface area contributed by atoms with Crippen molar-refractivity contribution in [1.29, 1.82) is 0 Å². The first-order chi connectivity index (χ1) is 20.0. The van der Waals surface area contributed by atoms with Crippen molar-refractivity contribution in [3.63, 3.8) is 0 Å². The maximum absolute atomic E-state index is 13.6. The maximum Gasteiger partial charge on any atom is 0.230 e. The molecule has 2 heterocycles. The summed E-state index contributed by atoms with van der Waals surface area (Å²) in [6, 6.07) is 22.8. The summed E-state index contributed by atoms with van der Waals surface area (Å²) in [5.74, 6) is 1.57. The second-order valence-electron chi connectivity index (χ2n) is 10.7. The summed E-state index contributed by atoms with van der Waals surface area (Å²) in [6.07, 6.45) is 4.22. The van der Waals surface area contributed by atoms with Crippen molar-refractivity contribution in [3.05, 3.63) is 83.9 Å². The van der Waals surface area contributed by atoms with Crippen molar-refractivity contribution in [1.82, 2.24) is 4.90 Å². The zero-order valence-corrected chi connectivity index (χ0v) is 24.6. The van der Waals surface area contributed by atoms with Crippen LogP contribution in [-0.2, 0) is 27.2 Å². The molecule has 2 atom stereocenters. The largest absolute Gasteiger partial charge is 0.609 e. The Morgan fingerprint density at radius 3 is 2.44 bits per heavy atom. The van der Waals surface area contributed by atoms with E-state index in [0.29, 0.717) is 46.5 Å². The van der Waals surface area contributed by atoms with Gasteiger partial charge < -0.3 is 18.9 Å². The van der Waals surface area contributed by atoms with Gasteiger partial charge in [-0.05, 0) is 81.2 Å². The van der Waals surface area contributed by atoms with E-state index in [1.165, 1.54) is 6.92 Å². The molecule has 2 unspecified atom stereocenters. The molecule has 1 fully saturated rings. The molecule has 0 spiro atoms. The highest BCUT2D eigenvalue weighted by atomic mass is 32.2. The monoisotopic (exact) mass is 574 g/mol. The number of rotatable bonds is 11. The maximum atomic E-state index is 13.6. The molecule has 3 aromatic rings. The highest BCUT2D eigenvalue weighted by molar-refractivity contribution is 7.92. The molecule has 8 heteroatoms. The number of benzene rings is 3. The predicted octanol–water partition coefficient (Wildman–Crippen LogP) is 5.55. The van der Waals surface area contributed by atoms with E-state index in [9.17, 15) is 14.1 Å². The average molecular weight is 575 g/mol. The number of ketones is 1. The van der Waals surface area contributed by atoms with Crippen LogP contribution in [0.5, 0.6) is 11.5 Å². The van der Waals surface area contributed by atoms with E-state index in [1.807, 2.05) is 72.8 Å². The number of para-hydroxylation sites is 1. The molecular weight excluding hydrogens is 536 g/mol. The molecule has 216 valence electrons. The first kappa shape index (κ1) is 29.2. The molecule has 0 N–H and O–H groups in total. The van der Waals surface area contributed by atoms with Gasteiger partial charge in [0, 0.05) is 30.4 Å². The van der Waals surface area contributed by atoms with Crippen LogP contribution in [0.25, 0.3) is 0 Å². The molecule has 41 heavy (non-hydrogen) atoms. The van der Waals surface area contributed by atoms with Crippen molar-refractivity contribution in [3.8, 4) is 11.5 Å². The Morgan fingerprint density at radius 2 is 1.71 bits per heavy atom. The third kappa shape index (κ3) is 6.77. The van der Waals surface area contributed by atoms with E-state index < -0.39 is 16.5 Å². The second kappa shape index (κ2) is 13.6. The second-order valence-corrected chi connectivity index (χ2v) is 12.2. The number of hydrogen-bond acceptors (Lipinski definition) is 6. The Balaban J connectivity index is 1.13. The fourth-order valence-electron chi connectivity index (χ4n) is 5.78. The fraction of sp³-hybridized carbons (Fsp3) is 0.394. The molecule has 0 bridgehead atoms. The summed E-state index contributed by atoms with van der Waals surface area (Å²) in [4.78, 5) is 30.1. The molecule has 1 saturated heterocycles. The van der Waals surface area contributed by atoms with Gasteiger partial charge in [-0.2, -0.15) is 0 Å². The topological polar surface area (TPSA) is 82.1 Å². The van der Waals surface area contributed by atoms with Crippen molar-refractivity contribution in [2.24, 2.45) is 5.92 Å². The number of anilines is 1. The fourth-order valence-corrected chi connectivity index (χ4v) is 7.47. The Labute approximate surface area is 245 Å². The molecule has 0 saturated carbocycles. The summed E-state index contributed by atoms with van der Waals surface area (Å²) in [5.41, 5.74) is 2.44. The van der Waals surface area contributed by atoms with Gasteiger partial charge in [-0.1, -0.05) is 42.5 Å². The molecular formula is C33H38N2O5S. The number of ether oxygens (including phenoxy) is 2. The van der Waals surface area contributed by atoms with Gasteiger partial charge in [0.2, 0.25) is 11.3 Å². The lowest BCUT2D eigenvalue weighted by Gasteiger charge is -2.31. The van der Waals surface area contributed by atoms with E-state index >= 15 is 0 Å². The van der Waals surface area contributed by atoms with Crippen molar-refractivity contribution < 1.29 is 23.6 Å². The minimum Gasteiger partial charge on any atom is -0.609 e. The minimum absolute atomic E-state index is 0.158. The normalized spacial score (nSPS) is 19.1. The van der Waals surface area contributed by atoms with Gasteiger partial charge >= 0.3 is 0 Å². The van der Waals surface area contributed by atoms with Gasteiger partial charge in [0.15, 0.2) is 4.90 Å². The number of methoxy groups -OCH3 is 1. The highest BCUT2D eigenvalue weighted by Crippen LogP contribution is 2.49. The average Bonchev–Trinajstić information content (AvgIpc) is 3.30. The molecule has 3 aromatic carbocycles. The van der Waals surface area contributed by atoms with Crippen LogP contribution in [0.1, 0.15) is 49.1 Å². The van der Waals surface area contributed by atoms with Crippen LogP contribution in [-0.4, -0.2) is 54.5 Å². The van der Waals surface area contributed by atoms with Crippen LogP contribution >= 0.6 is 0 Å². The standard InChI is InChI=1S/C33H38N2O5S/c1-24(36)35-29-12-6-7-13-32(29)41(38)33(35)28-23-27(39-2)14-15-31(28)40-21-9-8-18-34-19-16-26(17-20-34)30(37)22-25-10-4-3-5-11-25/h3-7,10-15,23,26,33H,8-9,16-22H2,1-2H3. The van der Waals surface area contributed by atoms with Gasteiger partial charge in [-0.3, -0.25) is 14.5 Å². The number of likely N-dealkylation sites (tertiary alicyclic amines) is 1. The number of Topliss-reactive ketones (excluding diaryl/α,β-unsaturated/α-hetero) is 1. The molecule has 1 amide bonds. The van der Waals surface area contributed by atoms with Crippen LogP contribution in [0.4, 0.5) is 5.69 Å². The number of carbonyl (C=O) groups is 2. The van der Waals surface area contributed by atoms with E-state index in [-0.39, 0.29) is 11.8 Å². The molecule has 0 radical (unpaired) electrons. The SMILES string of the molecule is COc1ccc(OCCCCN2CCC(C(=O)Cc3ccccc3)CC2)c(C2N(C(C)=O)c3ccccc3[S+]2[O-])c1. The Hall–Kier alpha value is -3.33. The van der Waals surface area contributed by atoms with Crippen LogP contribution < -0.4 is 14.4 Å². The number of carbonyl (C=O) groups excluding carboxylic acids is 2. The lowest BCUT2D eigenvalue weighted by Crippen LogP contribution is -2.37. The smallest absolute Gasteiger partial charge is 0.230 e. The van der Waals surface area contributed by atoms with E-state index in [0.717, 1.165) is 50.9 Å². The molecule has 0 aromatic heterocycles. The lowest BCUT2D eigenvalue weighted by atomic mass is 9.89. The molecule has 5 rings (SSSR count). The zero-order chi connectivity index (χ0) is 28.8. The summed E-state index contributed by atoms with van der Waals surface area (Å²) in [7, 11) is 1.59. The first-order valence-corrected chi connectivity index (χ1v) is 15.6. The van der Waals surface area contributed by atoms with Crippen LogP contribution in [0, 0.1) is 5.92 Å². The molecule has 2 aliphatic rings. The first-order valence-electron chi connectivity index (χ1n) is 14.4. The zero-order valence-electron chi connectivity index (χ0n) is 23.8. The number of piperidine rings is 1. The van der Waals surface area contributed by atoms with Crippen LogP contribution in [0.15, 0.2) is 77.7 Å². The van der Waals surface area contributed by atoms with E-state index in [4.69, 9.17) is 9.47 Å². The Kier molecular flexibility index (Phi) is 9.64. The van der Waals surface area contributed by atoms with E-state index in [2.05, 4.69) is 4.90 Å². The van der Waals surface area contributed by atoms with Crippen molar-refractivity contribution >= 4 is 28.6 Å². The number of hydrogen-bond donors (Lipinski definition) is 0. The molecule has 2 aliphatic heterocycles. The Morgan fingerprint density at radius 1 is 0.976 bits per heavy atom. The summed E-state index contributed by atoms with van der Waals surface area (Å²) in [6.45, 7) is 4.87. The third-order valence-electron chi connectivity index (χ3n) is 7.99. The third-order valence-corrected chi connectivity index (χ3v) is 9.64. The Bertz CT molecular complexity index is 1340. The van der Waals surface area contributed by atoms with Crippen LogP contribution in [0.3, 0.4) is 0 Å². The summed E-state index contributed by atoms with van der Waals surface area (Å²) in [5, 5.41) is -0.680. The highest BCUT2D eigenvalue weighted by Gasteiger charge is 2.46. The van der Waals surface area contributed by atoms with Crippen LogP contribution in [0.2, 0.25) is 0 Å². The lowest BCUT2D eigenvalue weighted by molar-refractivity contribution is -0.123. The number of fused-ring (bicyclic) bond motifs is 1.